The Balaban J connectivity index is 1.70. The second-order valence-electron chi connectivity index (χ2n) is 5.41. The Bertz CT molecular complexity index is 530. The quantitative estimate of drug-likeness (QED) is 0.761. The summed E-state index contributed by atoms with van der Waals surface area (Å²) in [5.74, 6) is 0.633. The maximum absolute atomic E-state index is 12.0. The van der Waals surface area contributed by atoms with Gasteiger partial charge in [-0.2, -0.15) is 0 Å². The minimum Gasteiger partial charge on any atom is -0.492 e. The third kappa shape index (κ3) is 6.31. The zero-order valence-electron chi connectivity index (χ0n) is 12.9. The molecule has 0 unspecified atom stereocenters. The van der Waals surface area contributed by atoms with Crippen LogP contribution in [0.5, 0.6) is 5.75 Å². The molecule has 7 heteroatoms. The van der Waals surface area contributed by atoms with Crippen molar-refractivity contribution < 1.29 is 17.9 Å². The summed E-state index contributed by atoms with van der Waals surface area (Å²) in [5.41, 5.74) is 0. The summed E-state index contributed by atoms with van der Waals surface area (Å²) in [6, 6.07) is 9.08. The predicted molar refractivity (Wildman–Crippen MR) is 85.6 cm³/mol. The minimum absolute atomic E-state index is 0.0463. The molecule has 0 aromatic heterocycles. The first kappa shape index (κ1) is 17.2. The van der Waals surface area contributed by atoms with Gasteiger partial charge < -0.3 is 9.47 Å². The molecule has 1 aromatic rings. The highest BCUT2D eigenvalue weighted by Gasteiger charge is 2.18. The van der Waals surface area contributed by atoms with Gasteiger partial charge in [-0.25, -0.2) is 13.1 Å². The Hall–Kier alpha value is -1.15. The third-order valence-corrected chi connectivity index (χ3v) is 4.85. The number of nitrogens with zero attached hydrogens (tertiary/aromatic N) is 1. The van der Waals surface area contributed by atoms with Crippen molar-refractivity contribution in [2.75, 3.05) is 45.2 Å². The Morgan fingerprint density at radius 3 is 2.64 bits per heavy atom. The molecule has 1 aromatic carbocycles. The molecule has 6 nitrogen and oxygen atoms in total. The van der Waals surface area contributed by atoms with E-state index in [-0.39, 0.29) is 18.4 Å². The van der Waals surface area contributed by atoms with Gasteiger partial charge >= 0.3 is 0 Å². The standard InChI is InChI=1S/C15H24N2O4S/c1-14(13-17-7-9-20-10-8-17)16-22(18,19)12-11-21-15-5-3-2-4-6-15/h2-6,14,16H,7-13H2,1H3/t14-/m1/s1. The molecule has 1 N–H and O–H groups in total. The molecule has 1 aliphatic rings. The van der Waals surface area contributed by atoms with E-state index in [0.717, 1.165) is 13.1 Å². The Morgan fingerprint density at radius 2 is 1.95 bits per heavy atom. The normalized spacial score (nSPS) is 18.0. The molecule has 0 spiro atoms. The highest BCUT2D eigenvalue weighted by atomic mass is 32.2. The average Bonchev–Trinajstić information content (AvgIpc) is 2.48. The molecule has 124 valence electrons. The molecule has 0 saturated carbocycles. The van der Waals surface area contributed by atoms with Crippen molar-refractivity contribution in [3.8, 4) is 5.75 Å². The third-order valence-electron chi connectivity index (χ3n) is 3.38. The van der Waals surface area contributed by atoms with E-state index in [1.807, 2.05) is 25.1 Å². The lowest BCUT2D eigenvalue weighted by molar-refractivity contribution is 0.0354. The lowest BCUT2D eigenvalue weighted by atomic mass is 10.3. The fourth-order valence-corrected chi connectivity index (χ4v) is 3.47. The Kier molecular flexibility index (Phi) is 6.63. The molecule has 22 heavy (non-hydrogen) atoms. The zero-order chi connectivity index (χ0) is 15.8. The first-order valence-electron chi connectivity index (χ1n) is 7.53. The van der Waals surface area contributed by atoms with E-state index >= 15 is 0 Å². The van der Waals surface area contributed by atoms with Crippen LogP contribution in [0.4, 0.5) is 0 Å². The maximum Gasteiger partial charge on any atom is 0.215 e. The molecule has 1 fully saturated rings. The zero-order valence-corrected chi connectivity index (χ0v) is 13.7. The topological polar surface area (TPSA) is 67.9 Å². The molecule has 1 saturated heterocycles. The van der Waals surface area contributed by atoms with Gasteiger partial charge in [0.2, 0.25) is 10.0 Å². The predicted octanol–water partition coefficient (Wildman–Crippen LogP) is 0.706. The Labute approximate surface area is 132 Å². The molecule has 0 amide bonds. The molecule has 2 rings (SSSR count). The fraction of sp³-hybridized carbons (Fsp3) is 0.600. The summed E-state index contributed by atoms with van der Waals surface area (Å²) in [4.78, 5) is 2.21. The van der Waals surface area contributed by atoms with Crippen LogP contribution >= 0.6 is 0 Å². The van der Waals surface area contributed by atoms with Crippen LogP contribution < -0.4 is 9.46 Å². The van der Waals surface area contributed by atoms with Gasteiger partial charge in [-0.05, 0) is 19.1 Å². The lowest BCUT2D eigenvalue weighted by Crippen LogP contribution is -2.46. The van der Waals surface area contributed by atoms with Crippen molar-refractivity contribution in [2.45, 2.75) is 13.0 Å². The van der Waals surface area contributed by atoms with Gasteiger partial charge in [0.25, 0.3) is 0 Å². The van der Waals surface area contributed by atoms with Gasteiger partial charge in [-0.1, -0.05) is 18.2 Å². The summed E-state index contributed by atoms with van der Waals surface area (Å²) in [6.45, 7) is 5.85. The SMILES string of the molecule is C[C@H](CN1CCOCC1)NS(=O)(=O)CCOc1ccccc1. The fourth-order valence-electron chi connectivity index (χ4n) is 2.36. The van der Waals surface area contributed by atoms with Crippen LogP contribution in [0.1, 0.15) is 6.92 Å². The second kappa shape index (κ2) is 8.47. The van der Waals surface area contributed by atoms with Crippen LogP contribution in [0.3, 0.4) is 0 Å². The monoisotopic (exact) mass is 328 g/mol. The van der Waals surface area contributed by atoms with E-state index in [1.54, 1.807) is 12.1 Å². The molecule has 0 aliphatic carbocycles. The summed E-state index contributed by atoms with van der Waals surface area (Å²) in [5, 5.41) is 0. The molecule has 0 radical (unpaired) electrons. The number of nitrogens with one attached hydrogen (secondary N) is 1. The van der Waals surface area contributed by atoms with E-state index in [0.29, 0.717) is 25.5 Å². The van der Waals surface area contributed by atoms with Crippen LogP contribution in [-0.4, -0.2) is 64.6 Å². The van der Waals surface area contributed by atoms with Crippen molar-refractivity contribution in [3.05, 3.63) is 30.3 Å². The van der Waals surface area contributed by atoms with Gasteiger partial charge in [0.1, 0.15) is 12.4 Å². The van der Waals surface area contributed by atoms with Crippen LogP contribution in [-0.2, 0) is 14.8 Å². The van der Waals surface area contributed by atoms with Crippen molar-refractivity contribution >= 4 is 10.0 Å². The summed E-state index contributed by atoms with van der Waals surface area (Å²) in [6.07, 6.45) is 0. The molecular weight excluding hydrogens is 304 g/mol. The smallest absolute Gasteiger partial charge is 0.215 e. The summed E-state index contributed by atoms with van der Waals surface area (Å²) < 4.78 is 37.5. The molecule has 1 aliphatic heterocycles. The van der Waals surface area contributed by atoms with Gasteiger partial charge in [0, 0.05) is 25.7 Å². The number of hydrogen-bond donors (Lipinski definition) is 1. The Morgan fingerprint density at radius 1 is 1.27 bits per heavy atom. The van der Waals surface area contributed by atoms with Gasteiger partial charge in [-0.15, -0.1) is 0 Å². The van der Waals surface area contributed by atoms with E-state index < -0.39 is 10.0 Å². The van der Waals surface area contributed by atoms with Gasteiger partial charge in [0.05, 0.1) is 19.0 Å². The first-order chi connectivity index (χ1) is 10.6. The summed E-state index contributed by atoms with van der Waals surface area (Å²) in [7, 11) is -3.33. The largest absolute Gasteiger partial charge is 0.492 e. The lowest BCUT2D eigenvalue weighted by Gasteiger charge is -2.29. The van der Waals surface area contributed by atoms with Crippen LogP contribution in [0.25, 0.3) is 0 Å². The number of sulfonamides is 1. The van der Waals surface area contributed by atoms with Crippen molar-refractivity contribution in [2.24, 2.45) is 0 Å². The number of rotatable bonds is 8. The van der Waals surface area contributed by atoms with E-state index in [2.05, 4.69) is 9.62 Å². The number of ether oxygens (including phenoxy) is 2. The molecule has 0 bridgehead atoms. The van der Waals surface area contributed by atoms with Crippen molar-refractivity contribution in [3.63, 3.8) is 0 Å². The van der Waals surface area contributed by atoms with E-state index in [1.165, 1.54) is 0 Å². The van der Waals surface area contributed by atoms with E-state index in [9.17, 15) is 8.42 Å². The second-order valence-corrected chi connectivity index (χ2v) is 7.29. The molecule has 1 heterocycles. The summed E-state index contributed by atoms with van der Waals surface area (Å²) >= 11 is 0. The number of benzene rings is 1. The highest BCUT2D eigenvalue weighted by molar-refractivity contribution is 7.89. The van der Waals surface area contributed by atoms with Crippen molar-refractivity contribution in [1.29, 1.82) is 0 Å². The highest BCUT2D eigenvalue weighted by Crippen LogP contribution is 2.08. The number of hydrogen-bond acceptors (Lipinski definition) is 5. The van der Waals surface area contributed by atoms with Crippen LogP contribution in [0.2, 0.25) is 0 Å². The molecular formula is C15H24N2O4S. The van der Waals surface area contributed by atoms with Crippen LogP contribution in [0.15, 0.2) is 30.3 Å². The average molecular weight is 328 g/mol. The van der Waals surface area contributed by atoms with Crippen molar-refractivity contribution in [1.82, 2.24) is 9.62 Å². The number of morpholine rings is 1. The maximum atomic E-state index is 12.0. The number of para-hydroxylation sites is 1. The van der Waals surface area contributed by atoms with Gasteiger partial charge in [0.15, 0.2) is 0 Å². The minimum atomic E-state index is -3.33. The van der Waals surface area contributed by atoms with Gasteiger partial charge in [-0.3, -0.25) is 4.90 Å². The van der Waals surface area contributed by atoms with Crippen LogP contribution in [0, 0.1) is 0 Å². The molecule has 1 atom stereocenters. The first-order valence-corrected chi connectivity index (χ1v) is 9.18. The van der Waals surface area contributed by atoms with E-state index in [4.69, 9.17) is 9.47 Å².